The number of aromatic hydroxyl groups is 1. The van der Waals surface area contributed by atoms with E-state index >= 15 is 0 Å². The Bertz CT molecular complexity index is 895. The number of hydrogen-bond acceptors (Lipinski definition) is 2. The first-order chi connectivity index (χ1) is 10.5. The minimum Gasteiger partial charge on any atom is -0.507 e. The number of rotatable bonds is 2. The second-order valence-electron chi connectivity index (χ2n) is 5.45. The van der Waals surface area contributed by atoms with Crippen molar-refractivity contribution in [3.05, 3.63) is 65.2 Å². The van der Waals surface area contributed by atoms with Crippen LogP contribution in [0.15, 0.2) is 48.5 Å². The third kappa shape index (κ3) is 2.21. The summed E-state index contributed by atoms with van der Waals surface area (Å²) in [4.78, 5) is 11.4. The molecule has 0 aliphatic carbocycles. The van der Waals surface area contributed by atoms with Crippen LogP contribution in [0, 0.1) is 13.8 Å². The molecule has 2 N–H and O–H groups in total. The van der Waals surface area contributed by atoms with Crippen LogP contribution in [0.1, 0.15) is 21.5 Å². The van der Waals surface area contributed by atoms with E-state index in [1.54, 1.807) is 6.92 Å². The zero-order valence-electron chi connectivity index (χ0n) is 12.4. The van der Waals surface area contributed by atoms with E-state index in [0.717, 1.165) is 27.5 Å². The number of fused-ring (bicyclic) bond motifs is 1. The molecule has 0 atom stereocenters. The standard InChI is InChI=1S/C19H16O3/c1-11-9-16(20)18(19(21)22)12(2)17(11)15-8-7-13-5-3-4-6-14(13)10-15/h3-10,20H,1-2H3,(H,21,22). The van der Waals surface area contributed by atoms with Crippen LogP contribution in [0.3, 0.4) is 0 Å². The Morgan fingerprint density at radius 1 is 0.955 bits per heavy atom. The fraction of sp³-hybridized carbons (Fsp3) is 0.105. The van der Waals surface area contributed by atoms with E-state index in [4.69, 9.17) is 0 Å². The predicted octanol–water partition coefficient (Wildman–Crippen LogP) is 4.53. The van der Waals surface area contributed by atoms with E-state index in [1.807, 2.05) is 49.4 Å². The minimum absolute atomic E-state index is 0.0336. The van der Waals surface area contributed by atoms with Crippen molar-refractivity contribution in [3.8, 4) is 16.9 Å². The summed E-state index contributed by atoms with van der Waals surface area (Å²) in [6, 6.07) is 15.6. The molecule has 3 aromatic rings. The highest BCUT2D eigenvalue weighted by Gasteiger charge is 2.19. The molecule has 0 bridgehead atoms. The molecule has 3 heteroatoms. The van der Waals surface area contributed by atoms with Crippen LogP contribution in [0.4, 0.5) is 0 Å². The maximum atomic E-state index is 11.4. The summed E-state index contributed by atoms with van der Waals surface area (Å²) in [7, 11) is 0. The lowest BCUT2D eigenvalue weighted by Gasteiger charge is -2.15. The summed E-state index contributed by atoms with van der Waals surface area (Å²) >= 11 is 0. The van der Waals surface area contributed by atoms with Gasteiger partial charge in [-0.15, -0.1) is 0 Å². The van der Waals surface area contributed by atoms with Gasteiger partial charge in [0.1, 0.15) is 11.3 Å². The normalized spacial score (nSPS) is 10.8. The first-order valence-electron chi connectivity index (χ1n) is 7.04. The maximum Gasteiger partial charge on any atom is 0.339 e. The third-order valence-electron chi connectivity index (χ3n) is 4.01. The van der Waals surface area contributed by atoms with Crippen LogP contribution in [0.25, 0.3) is 21.9 Å². The van der Waals surface area contributed by atoms with Gasteiger partial charge in [0.15, 0.2) is 0 Å². The lowest BCUT2D eigenvalue weighted by molar-refractivity contribution is 0.0693. The van der Waals surface area contributed by atoms with Gasteiger partial charge in [-0.1, -0.05) is 36.4 Å². The summed E-state index contributed by atoms with van der Waals surface area (Å²) in [6.07, 6.45) is 0. The van der Waals surface area contributed by atoms with Crippen molar-refractivity contribution >= 4 is 16.7 Å². The van der Waals surface area contributed by atoms with Crippen molar-refractivity contribution in [1.82, 2.24) is 0 Å². The summed E-state index contributed by atoms with van der Waals surface area (Å²) in [6.45, 7) is 3.61. The zero-order valence-corrected chi connectivity index (χ0v) is 12.4. The molecule has 3 rings (SSSR count). The summed E-state index contributed by atoms with van der Waals surface area (Å²) < 4.78 is 0. The second kappa shape index (κ2) is 5.19. The number of aryl methyl sites for hydroxylation is 1. The molecule has 0 heterocycles. The molecular formula is C19H16O3. The number of carbonyl (C=O) groups is 1. The van der Waals surface area contributed by atoms with E-state index in [-0.39, 0.29) is 11.3 Å². The van der Waals surface area contributed by atoms with E-state index in [0.29, 0.717) is 5.56 Å². The van der Waals surface area contributed by atoms with Crippen molar-refractivity contribution < 1.29 is 15.0 Å². The number of phenols is 1. The molecule has 0 aliphatic rings. The van der Waals surface area contributed by atoms with Crippen LogP contribution in [-0.2, 0) is 0 Å². The molecule has 0 amide bonds. The fourth-order valence-electron chi connectivity index (χ4n) is 3.02. The molecule has 0 saturated carbocycles. The molecular weight excluding hydrogens is 276 g/mol. The first kappa shape index (κ1) is 14.1. The molecule has 0 aliphatic heterocycles. The monoisotopic (exact) mass is 292 g/mol. The molecule has 0 radical (unpaired) electrons. The average Bonchev–Trinajstić information content (AvgIpc) is 2.46. The van der Waals surface area contributed by atoms with Crippen molar-refractivity contribution in [2.75, 3.05) is 0 Å². The SMILES string of the molecule is Cc1cc(O)c(C(=O)O)c(C)c1-c1ccc2ccccc2c1. The van der Waals surface area contributed by atoms with Gasteiger partial charge < -0.3 is 10.2 Å². The minimum atomic E-state index is -1.11. The molecule has 0 unspecified atom stereocenters. The molecule has 3 nitrogen and oxygen atoms in total. The summed E-state index contributed by atoms with van der Waals surface area (Å²) in [5.74, 6) is -1.30. The third-order valence-corrected chi connectivity index (χ3v) is 4.01. The van der Waals surface area contributed by atoms with Crippen LogP contribution in [0.5, 0.6) is 5.75 Å². The maximum absolute atomic E-state index is 11.4. The van der Waals surface area contributed by atoms with E-state index in [1.165, 1.54) is 6.07 Å². The topological polar surface area (TPSA) is 57.5 Å². The van der Waals surface area contributed by atoms with Gasteiger partial charge in [0.2, 0.25) is 0 Å². The molecule has 22 heavy (non-hydrogen) atoms. The Balaban J connectivity index is 2.30. The quantitative estimate of drug-likeness (QED) is 0.729. The van der Waals surface area contributed by atoms with E-state index < -0.39 is 5.97 Å². The Labute approximate surface area is 128 Å². The number of aromatic carboxylic acids is 1. The van der Waals surface area contributed by atoms with Gasteiger partial charge in [-0.2, -0.15) is 0 Å². The Morgan fingerprint density at radius 3 is 2.32 bits per heavy atom. The largest absolute Gasteiger partial charge is 0.507 e. The van der Waals surface area contributed by atoms with Gasteiger partial charge in [-0.3, -0.25) is 0 Å². The number of benzene rings is 3. The number of carboxylic acid groups (broad SMARTS) is 1. The van der Waals surface area contributed by atoms with E-state index in [2.05, 4.69) is 0 Å². The second-order valence-corrected chi connectivity index (χ2v) is 5.45. The predicted molar refractivity (Wildman–Crippen MR) is 87.5 cm³/mol. The highest BCUT2D eigenvalue weighted by Crippen LogP contribution is 2.35. The number of hydrogen-bond donors (Lipinski definition) is 2. The first-order valence-corrected chi connectivity index (χ1v) is 7.04. The van der Waals surface area contributed by atoms with Crippen molar-refractivity contribution in [2.24, 2.45) is 0 Å². The van der Waals surface area contributed by atoms with Crippen molar-refractivity contribution in [2.45, 2.75) is 13.8 Å². The van der Waals surface area contributed by atoms with Crippen LogP contribution in [0.2, 0.25) is 0 Å². The van der Waals surface area contributed by atoms with Crippen LogP contribution < -0.4 is 0 Å². The van der Waals surface area contributed by atoms with Gasteiger partial charge >= 0.3 is 5.97 Å². The molecule has 0 aromatic heterocycles. The van der Waals surface area contributed by atoms with Gasteiger partial charge in [0.25, 0.3) is 0 Å². The summed E-state index contributed by atoms with van der Waals surface area (Å²) in [5.41, 5.74) is 3.22. The molecule has 3 aromatic carbocycles. The fourth-order valence-corrected chi connectivity index (χ4v) is 3.02. The molecule has 0 fully saturated rings. The van der Waals surface area contributed by atoms with E-state index in [9.17, 15) is 15.0 Å². The van der Waals surface area contributed by atoms with Crippen molar-refractivity contribution in [3.63, 3.8) is 0 Å². The highest BCUT2D eigenvalue weighted by molar-refractivity contribution is 5.97. The Kier molecular flexibility index (Phi) is 3.33. The van der Waals surface area contributed by atoms with Gasteiger partial charge in [0, 0.05) is 0 Å². The molecule has 110 valence electrons. The molecule has 0 spiro atoms. The lowest BCUT2D eigenvalue weighted by Crippen LogP contribution is -2.03. The van der Waals surface area contributed by atoms with Gasteiger partial charge in [-0.05, 0) is 59.0 Å². The van der Waals surface area contributed by atoms with Crippen LogP contribution in [-0.4, -0.2) is 16.2 Å². The Morgan fingerprint density at radius 2 is 1.64 bits per heavy atom. The van der Waals surface area contributed by atoms with Gasteiger partial charge in [-0.25, -0.2) is 4.79 Å². The number of carboxylic acids is 1. The zero-order chi connectivity index (χ0) is 15.9. The smallest absolute Gasteiger partial charge is 0.339 e. The van der Waals surface area contributed by atoms with Gasteiger partial charge in [0.05, 0.1) is 0 Å². The Hall–Kier alpha value is -2.81. The average molecular weight is 292 g/mol. The van der Waals surface area contributed by atoms with Crippen molar-refractivity contribution in [1.29, 1.82) is 0 Å². The highest BCUT2D eigenvalue weighted by atomic mass is 16.4. The summed E-state index contributed by atoms with van der Waals surface area (Å²) in [5, 5.41) is 21.5. The molecule has 0 saturated heterocycles. The lowest BCUT2D eigenvalue weighted by atomic mass is 9.90. The van der Waals surface area contributed by atoms with Crippen LogP contribution >= 0.6 is 0 Å².